The Morgan fingerprint density at radius 3 is 3.16 bits per heavy atom. The van der Waals surface area contributed by atoms with Gasteiger partial charge in [0.2, 0.25) is 12.7 Å². The van der Waals surface area contributed by atoms with Crippen LogP contribution in [0.25, 0.3) is 15.9 Å². The maximum absolute atomic E-state index is 12.5. The molecule has 0 spiro atoms. The van der Waals surface area contributed by atoms with Crippen LogP contribution in [0.3, 0.4) is 0 Å². The molecule has 1 amide bonds. The lowest BCUT2D eigenvalue weighted by atomic mass is 9.89. The Morgan fingerprint density at radius 2 is 2.23 bits per heavy atom. The monoisotopic (exact) mass is 453 g/mol. The molecule has 2 aliphatic rings. The first-order valence-corrected chi connectivity index (χ1v) is 11.9. The van der Waals surface area contributed by atoms with Crippen LogP contribution in [-0.4, -0.2) is 38.0 Å². The van der Waals surface area contributed by atoms with Gasteiger partial charge in [0.1, 0.15) is 11.2 Å². The highest BCUT2D eigenvalue weighted by Gasteiger charge is 2.24. The van der Waals surface area contributed by atoms with E-state index >= 15 is 0 Å². The summed E-state index contributed by atoms with van der Waals surface area (Å²) in [5.41, 5.74) is 2.87. The maximum atomic E-state index is 12.5. The van der Waals surface area contributed by atoms with Gasteiger partial charge in [0, 0.05) is 16.6 Å². The lowest BCUT2D eigenvalue weighted by Gasteiger charge is -2.17. The van der Waals surface area contributed by atoms with E-state index in [-0.39, 0.29) is 18.5 Å². The van der Waals surface area contributed by atoms with E-state index in [0.717, 1.165) is 28.7 Å². The Balaban J connectivity index is 1.21. The first-order chi connectivity index (χ1) is 15.2. The summed E-state index contributed by atoms with van der Waals surface area (Å²) in [6, 6.07) is 5.35. The van der Waals surface area contributed by atoms with E-state index in [9.17, 15) is 4.79 Å². The van der Waals surface area contributed by atoms with Crippen LogP contribution in [0, 0.1) is 5.92 Å². The largest absolute Gasteiger partial charge is 0.454 e. The molecule has 10 heteroatoms. The third-order valence-corrected chi connectivity index (χ3v) is 7.77. The third kappa shape index (κ3) is 3.30. The minimum Gasteiger partial charge on any atom is -0.454 e. The van der Waals surface area contributed by atoms with E-state index in [1.807, 2.05) is 4.40 Å². The second-order valence-corrected chi connectivity index (χ2v) is 9.88. The van der Waals surface area contributed by atoms with E-state index in [0.29, 0.717) is 28.3 Å². The van der Waals surface area contributed by atoms with Crippen molar-refractivity contribution < 1.29 is 14.3 Å². The standard InChI is InChI=1S/C21H19N5O3S2/c1-11-2-4-13-16(6-11)31-20-18(13)19-24-25-21(26(19)9-22-20)30-8-17(27)23-12-3-5-14-15(7-12)29-10-28-14/h3,5,7,9,11H,2,4,6,8,10H2,1H3,(H,23,27)/t11-/m1/s1. The van der Waals surface area contributed by atoms with Gasteiger partial charge in [0.05, 0.1) is 11.1 Å². The lowest BCUT2D eigenvalue weighted by molar-refractivity contribution is -0.113. The fourth-order valence-corrected chi connectivity index (χ4v) is 6.17. The minimum absolute atomic E-state index is 0.128. The summed E-state index contributed by atoms with van der Waals surface area (Å²) in [6.45, 7) is 2.51. The van der Waals surface area contributed by atoms with Gasteiger partial charge >= 0.3 is 0 Å². The summed E-state index contributed by atoms with van der Waals surface area (Å²) in [5.74, 6) is 2.12. The Hall–Kier alpha value is -2.85. The van der Waals surface area contributed by atoms with Gasteiger partial charge in [-0.3, -0.25) is 9.20 Å². The van der Waals surface area contributed by atoms with E-state index < -0.39 is 0 Å². The molecule has 0 radical (unpaired) electrons. The van der Waals surface area contributed by atoms with Crippen LogP contribution in [0.5, 0.6) is 11.5 Å². The number of aromatic nitrogens is 4. The number of hydrogen-bond acceptors (Lipinski definition) is 8. The molecule has 8 nitrogen and oxygen atoms in total. The molecule has 1 aliphatic heterocycles. The summed E-state index contributed by atoms with van der Waals surface area (Å²) in [7, 11) is 0. The number of carbonyl (C=O) groups excluding carboxylic acids is 1. The Bertz CT molecular complexity index is 1330. The van der Waals surface area contributed by atoms with Crippen molar-refractivity contribution in [2.75, 3.05) is 17.9 Å². The Labute approximate surface area is 186 Å². The molecule has 1 atom stereocenters. The molecule has 0 saturated carbocycles. The highest BCUT2D eigenvalue weighted by molar-refractivity contribution is 7.99. The van der Waals surface area contributed by atoms with Crippen molar-refractivity contribution in [3.8, 4) is 11.5 Å². The molecule has 158 valence electrons. The number of nitrogens with one attached hydrogen (secondary N) is 1. The maximum Gasteiger partial charge on any atom is 0.234 e. The number of ether oxygens (including phenoxy) is 2. The number of nitrogens with zero attached hydrogens (tertiary/aromatic N) is 4. The van der Waals surface area contributed by atoms with Crippen molar-refractivity contribution in [2.45, 2.75) is 31.3 Å². The summed E-state index contributed by atoms with van der Waals surface area (Å²) >= 11 is 3.12. The first-order valence-electron chi connectivity index (χ1n) is 10.1. The van der Waals surface area contributed by atoms with E-state index in [1.54, 1.807) is 35.9 Å². The molecular formula is C21H19N5O3S2. The average Bonchev–Trinajstić information content (AvgIpc) is 3.47. The van der Waals surface area contributed by atoms with Crippen LogP contribution in [0.15, 0.2) is 29.7 Å². The number of anilines is 1. The second-order valence-electron chi connectivity index (χ2n) is 7.86. The van der Waals surface area contributed by atoms with Gasteiger partial charge in [0.15, 0.2) is 22.3 Å². The lowest BCUT2D eigenvalue weighted by Crippen LogP contribution is -2.14. The highest BCUT2D eigenvalue weighted by Crippen LogP contribution is 2.39. The van der Waals surface area contributed by atoms with Crippen molar-refractivity contribution in [3.63, 3.8) is 0 Å². The van der Waals surface area contributed by atoms with Gasteiger partial charge in [0.25, 0.3) is 0 Å². The second kappa shape index (κ2) is 7.38. The van der Waals surface area contributed by atoms with Gasteiger partial charge < -0.3 is 14.8 Å². The zero-order chi connectivity index (χ0) is 20.9. The van der Waals surface area contributed by atoms with Crippen LogP contribution in [0.1, 0.15) is 23.8 Å². The fourth-order valence-electron chi connectivity index (χ4n) is 4.12. The minimum atomic E-state index is -0.128. The molecule has 0 unspecified atom stereocenters. The van der Waals surface area contributed by atoms with Crippen molar-refractivity contribution in [2.24, 2.45) is 5.92 Å². The highest BCUT2D eigenvalue weighted by atomic mass is 32.2. The van der Waals surface area contributed by atoms with Gasteiger partial charge in [-0.25, -0.2) is 4.98 Å². The zero-order valence-electron chi connectivity index (χ0n) is 16.8. The average molecular weight is 454 g/mol. The predicted molar refractivity (Wildman–Crippen MR) is 119 cm³/mol. The first kappa shape index (κ1) is 18.9. The fraction of sp³-hybridized carbons (Fsp3) is 0.333. The van der Waals surface area contributed by atoms with Crippen LogP contribution < -0.4 is 14.8 Å². The molecule has 1 aliphatic carbocycles. The Morgan fingerprint density at radius 1 is 1.32 bits per heavy atom. The van der Waals surface area contributed by atoms with Crippen LogP contribution in [0.2, 0.25) is 0 Å². The molecular weight excluding hydrogens is 434 g/mol. The van der Waals surface area contributed by atoms with Crippen molar-refractivity contribution in [3.05, 3.63) is 35.0 Å². The molecule has 31 heavy (non-hydrogen) atoms. The molecule has 3 aromatic heterocycles. The number of rotatable bonds is 4. The zero-order valence-corrected chi connectivity index (χ0v) is 18.4. The number of hydrogen-bond donors (Lipinski definition) is 1. The van der Waals surface area contributed by atoms with Crippen molar-refractivity contribution >= 4 is 50.6 Å². The summed E-state index contributed by atoms with van der Waals surface area (Å²) in [4.78, 5) is 19.6. The van der Waals surface area contributed by atoms with Gasteiger partial charge in [-0.2, -0.15) is 0 Å². The molecule has 6 rings (SSSR count). The van der Waals surface area contributed by atoms with Crippen molar-refractivity contribution in [1.29, 1.82) is 0 Å². The smallest absolute Gasteiger partial charge is 0.234 e. The molecule has 0 fully saturated rings. The normalized spacial score (nSPS) is 17.3. The predicted octanol–water partition coefficient (Wildman–Crippen LogP) is 3.92. The molecule has 1 aromatic carbocycles. The summed E-state index contributed by atoms with van der Waals surface area (Å²) in [5, 5.41) is 13.5. The molecule has 1 N–H and O–H groups in total. The van der Waals surface area contributed by atoms with E-state index in [4.69, 9.17) is 9.47 Å². The topological polar surface area (TPSA) is 90.6 Å². The van der Waals surface area contributed by atoms with E-state index in [2.05, 4.69) is 27.4 Å². The quantitative estimate of drug-likeness (QED) is 0.468. The van der Waals surface area contributed by atoms with Gasteiger partial charge in [-0.15, -0.1) is 21.5 Å². The summed E-state index contributed by atoms with van der Waals surface area (Å²) in [6.07, 6.45) is 5.13. The molecule has 4 aromatic rings. The number of fused-ring (bicyclic) bond motifs is 6. The third-order valence-electron chi connectivity index (χ3n) is 5.66. The SMILES string of the molecule is C[C@@H]1CCc2c(sc3ncn4c(SCC(=O)Nc5ccc6c(c5)OCO6)nnc4c23)C1. The van der Waals surface area contributed by atoms with Crippen molar-refractivity contribution in [1.82, 2.24) is 19.6 Å². The van der Waals surface area contributed by atoms with Gasteiger partial charge in [-0.1, -0.05) is 18.7 Å². The number of carbonyl (C=O) groups is 1. The Kier molecular flexibility index (Phi) is 4.50. The van der Waals surface area contributed by atoms with E-state index in [1.165, 1.54) is 28.6 Å². The van der Waals surface area contributed by atoms with Crippen LogP contribution in [-0.2, 0) is 17.6 Å². The number of thioether (sulfide) groups is 1. The van der Waals surface area contributed by atoms with Gasteiger partial charge in [-0.05, 0) is 42.9 Å². The molecule has 4 heterocycles. The molecule has 0 saturated heterocycles. The molecule has 0 bridgehead atoms. The number of thiophene rings is 1. The number of aryl methyl sites for hydroxylation is 1. The van der Waals surface area contributed by atoms with Crippen LogP contribution in [0.4, 0.5) is 5.69 Å². The summed E-state index contributed by atoms with van der Waals surface area (Å²) < 4.78 is 12.5. The number of benzene rings is 1. The van der Waals surface area contributed by atoms with Crippen LogP contribution >= 0.6 is 23.1 Å². The number of amides is 1.